The van der Waals surface area contributed by atoms with Gasteiger partial charge in [0, 0.05) is 15.1 Å². The van der Waals surface area contributed by atoms with Crippen molar-refractivity contribution in [2.45, 2.75) is 6.92 Å². The average molecular weight is 392 g/mol. The molecule has 0 radical (unpaired) electrons. The van der Waals surface area contributed by atoms with Crippen LogP contribution >= 0.6 is 27.5 Å². The first kappa shape index (κ1) is 15.8. The fourth-order valence-corrected chi connectivity index (χ4v) is 2.88. The Morgan fingerprint density at radius 1 is 1.22 bits per heavy atom. The molecule has 0 unspecified atom stereocenters. The van der Waals surface area contributed by atoms with Crippen LogP contribution in [0.2, 0.25) is 5.02 Å². The molecular formula is C17H12BrClN2O2. The van der Waals surface area contributed by atoms with Crippen molar-refractivity contribution in [2.24, 2.45) is 0 Å². The van der Waals surface area contributed by atoms with Crippen LogP contribution in [0.4, 0.5) is 0 Å². The van der Waals surface area contributed by atoms with Crippen molar-refractivity contribution in [2.75, 3.05) is 0 Å². The van der Waals surface area contributed by atoms with Gasteiger partial charge in [-0.05, 0) is 37.3 Å². The molecule has 116 valence electrons. The number of aromatic nitrogens is 2. The second-order valence-electron chi connectivity index (χ2n) is 5.01. The largest absolute Gasteiger partial charge is 0.478 e. The molecule has 0 saturated heterocycles. The number of halogens is 2. The fraction of sp³-hybridized carbons (Fsp3) is 0.0588. The van der Waals surface area contributed by atoms with Crippen molar-refractivity contribution in [1.29, 1.82) is 0 Å². The summed E-state index contributed by atoms with van der Waals surface area (Å²) < 4.78 is 2.52. The van der Waals surface area contributed by atoms with Gasteiger partial charge >= 0.3 is 5.97 Å². The number of hydrogen-bond donors (Lipinski definition) is 1. The van der Waals surface area contributed by atoms with Crippen molar-refractivity contribution in [3.8, 4) is 16.9 Å². The first-order valence-corrected chi connectivity index (χ1v) is 7.99. The molecule has 0 aliphatic heterocycles. The molecule has 0 amide bonds. The smallest absolute Gasteiger partial charge is 0.339 e. The van der Waals surface area contributed by atoms with Crippen LogP contribution in [0.25, 0.3) is 16.9 Å². The van der Waals surface area contributed by atoms with Gasteiger partial charge in [0.2, 0.25) is 0 Å². The third-order valence-electron chi connectivity index (χ3n) is 3.50. The van der Waals surface area contributed by atoms with Crippen LogP contribution in [0.1, 0.15) is 16.1 Å². The number of rotatable bonds is 3. The lowest BCUT2D eigenvalue weighted by Crippen LogP contribution is -2.02. The van der Waals surface area contributed by atoms with Crippen molar-refractivity contribution in [1.82, 2.24) is 9.78 Å². The lowest BCUT2D eigenvalue weighted by Gasteiger charge is -2.04. The Morgan fingerprint density at radius 3 is 2.52 bits per heavy atom. The maximum atomic E-state index is 11.7. The summed E-state index contributed by atoms with van der Waals surface area (Å²) >= 11 is 9.40. The lowest BCUT2D eigenvalue weighted by atomic mass is 10.1. The second kappa shape index (κ2) is 6.18. The molecule has 2 aromatic carbocycles. The molecule has 3 aromatic rings. The van der Waals surface area contributed by atoms with E-state index in [4.69, 9.17) is 11.6 Å². The molecule has 1 heterocycles. The van der Waals surface area contributed by atoms with Crippen LogP contribution in [-0.4, -0.2) is 20.9 Å². The Morgan fingerprint density at radius 2 is 1.91 bits per heavy atom. The van der Waals surface area contributed by atoms with E-state index in [0.717, 1.165) is 15.7 Å². The van der Waals surface area contributed by atoms with Gasteiger partial charge in [-0.3, -0.25) is 0 Å². The minimum Gasteiger partial charge on any atom is -0.478 e. The lowest BCUT2D eigenvalue weighted by molar-refractivity contribution is 0.0697. The highest BCUT2D eigenvalue weighted by atomic mass is 79.9. The summed E-state index contributed by atoms with van der Waals surface area (Å²) in [6, 6.07) is 14.5. The van der Waals surface area contributed by atoms with E-state index in [9.17, 15) is 9.90 Å². The maximum absolute atomic E-state index is 11.7. The van der Waals surface area contributed by atoms with E-state index in [-0.39, 0.29) is 5.56 Å². The number of nitrogens with zero attached hydrogens (tertiary/aromatic N) is 2. The summed E-state index contributed by atoms with van der Waals surface area (Å²) in [5, 5.41) is 14.7. The van der Waals surface area contributed by atoms with Gasteiger partial charge in [-0.25, -0.2) is 9.48 Å². The number of hydrogen-bond acceptors (Lipinski definition) is 2. The molecule has 3 rings (SSSR count). The summed E-state index contributed by atoms with van der Waals surface area (Å²) in [6.45, 7) is 1.74. The van der Waals surface area contributed by atoms with E-state index in [0.29, 0.717) is 16.4 Å². The normalized spacial score (nSPS) is 10.7. The van der Waals surface area contributed by atoms with Crippen LogP contribution in [0, 0.1) is 6.92 Å². The van der Waals surface area contributed by atoms with Crippen LogP contribution < -0.4 is 0 Å². The first-order valence-electron chi connectivity index (χ1n) is 6.82. The summed E-state index contributed by atoms with van der Waals surface area (Å²) in [7, 11) is 0. The van der Waals surface area contributed by atoms with Gasteiger partial charge in [-0.15, -0.1) is 0 Å². The topological polar surface area (TPSA) is 55.1 Å². The number of carboxylic acid groups (broad SMARTS) is 1. The predicted octanol–water partition coefficient (Wildman–Crippen LogP) is 4.96. The maximum Gasteiger partial charge on any atom is 0.339 e. The van der Waals surface area contributed by atoms with E-state index in [1.54, 1.807) is 29.8 Å². The van der Waals surface area contributed by atoms with Crippen LogP contribution in [0.5, 0.6) is 0 Å². The van der Waals surface area contributed by atoms with Gasteiger partial charge < -0.3 is 5.11 Å². The van der Waals surface area contributed by atoms with Gasteiger partial charge in [0.1, 0.15) is 11.3 Å². The van der Waals surface area contributed by atoms with Gasteiger partial charge in [-0.1, -0.05) is 45.7 Å². The quantitative estimate of drug-likeness (QED) is 0.686. The zero-order valence-electron chi connectivity index (χ0n) is 12.1. The van der Waals surface area contributed by atoms with Crippen LogP contribution in [-0.2, 0) is 0 Å². The SMILES string of the molecule is Cc1c(C(=O)O)c(-c2ccc(Br)cc2)nn1-c1cccc(Cl)c1. The van der Waals surface area contributed by atoms with Crippen LogP contribution in [0.3, 0.4) is 0 Å². The highest BCUT2D eigenvalue weighted by Gasteiger charge is 2.22. The monoisotopic (exact) mass is 390 g/mol. The average Bonchev–Trinajstić information content (AvgIpc) is 2.85. The number of carbonyl (C=O) groups is 1. The third kappa shape index (κ3) is 3.02. The van der Waals surface area contributed by atoms with Gasteiger partial charge in [0.15, 0.2) is 0 Å². The van der Waals surface area contributed by atoms with E-state index >= 15 is 0 Å². The molecule has 1 aromatic heterocycles. The standard InChI is InChI=1S/C17H12BrClN2O2/c1-10-15(17(22)23)16(11-5-7-12(18)8-6-11)20-21(10)14-4-2-3-13(19)9-14/h2-9H,1H3,(H,22,23). The Balaban J connectivity index is 2.22. The number of aromatic carboxylic acids is 1. The number of benzene rings is 2. The molecule has 4 nitrogen and oxygen atoms in total. The van der Waals surface area contributed by atoms with E-state index in [1.807, 2.05) is 30.3 Å². The third-order valence-corrected chi connectivity index (χ3v) is 4.26. The van der Waals surface area contributed by atoms with E-state index in [2.05, 4.69) is 21.0 Å². The highest BCUT2D eigenvalue weighted by Crippen LogP contribution is 2.29. The van der Waals surface area contributed by atoms with Crippen molar-refractivity contribution in [3.05, 3.63) is 69.3 Å². The molecule has 0 bridgehead atoms. The van der Waals surface area contributed by atoms with Gasteiger partial charge in [0.05, 0.1) is 11.4 Å². The summed E-state index contributed by atoms with van der Waals surface area (Å²) in [4.78, 5) is 11.7. The molecule has 0 saturated carbocycles. The molecule has 0 spiro atoms. The second-order valence-corrected chi connectivity index (χ2v) is 6.36. The fourth-order valence-electron chi connectivity index (χ4n) is 2.43. The Kier molecular flexibility index (Phi) is 4.24. The molecule has 0 fully saturated rings. The van der Waals surface area contributed by atoms with Crippen molar-refractivity contribution < 1.29 is 9.90 Å². The minimum absolute atomic E-state index is 0.187. The van der Waals surface area contributed by atoms with Gasteiger partial charge in [0.25, 0.3) is 0 Å². The first-order chi connectivity index (χ1) is 11.0. The molecule has 23 heavy (non-hydrogen) atoms. The van der Waals surface area contributed by atoms with E-state index < -0.39 is 5.97 Å². The summed E-state index contributed by atoms with van der Waals surface area (Å²) in [5.74, 6) is -1.01. The zero-order chi connectivity index (χ0) is 16.6. The highest BCUT2D eigenvalue weighted by molar-refractivity contribution is 9.10. The van der Waals surface area contributed by atoms with E-state index in [1.165, 1.54) is 0 Å². The van der Waals surface area contributed by atoms with Crippen molar-refractivity contribution in [3.63, 3.8) is 0 Å². The molecule has 0 aliphatic rings. The molecule has 1 N–H and O–H groups in total. The molecule has 6 heteroatoms. The van der Waals surface area contributed by atoms with Gasteiger partial charge in [-0.2, -0.15) is 5.10 Å². The summed E-state index contributed by atoms with van der Waals surface area (Å²) in [6.07, 6.45) is 0. The summed E-state index contributed by atoms with van der Waals surface area (Å²) in [5.41, 5.74) is 2.64. The van der Waals surface area contributed by atoms with Crippen molar-refractivity contribution >= 4 is 33.5 Å². The van der Waals surface area contributed by atoms with Crippen LogP contribution in [0.15, 0.2) is 53.0 Å². The Labute approximate surface area is 146 Å². The number of carboxylic acids is 1. The Bertz CT molecular complexity index is 888. The minimum atomic E-state index is -1.01. The molecule has 0 aliphatic carbocycles. The Hall–Kier alpha value is -2.11. The predicted molar refractivity (Wildman–Crippen MR) is 93.4 cm³/mol. The zero-order valence-corrected chi connectivity index (χ0v) is 14.5. The molecular weight excluding hydrogens is 380 g/mol. The molecule has 0 atom stereocenters.